The van der Waals surface area contributed by atoms with Crippen LogP contribution >= 0.6 is 0 Å². The molecule has 0 amide bonds. The van der Waals surface area contributed by atoms with Gasteiger partial charge in [-0.05, 0) is 42.8 Å². The summed E-state index contributed by atoms with van der Waals surface area (Å²) in [5, 5.41) is 6.46. The molecule has 3 aromatic rings. The highest BCUT2D eigenvalue weighted by atomic mass is 32.2. The monoisotopic (exact) mass is 549 g/mol. The van der Waals surface area contributed by atoms with E-state index in [4.69, 9.17) is 4.74 Å². The van der Waals surface area contributed by atoms with Gasteiger partial charge in [0.2, 0.25) is 0 Å². The van der Waals surface area contributed by atoms with Crippen LogP contribution in [0.5, 0.6) is 5.75 Å². The van der Waals surface area contributed by atoms with Crippen LogP contribution in [0.25, 0.3) is 16.5 Å². The second-order valence-electron chi connectivity index (χ2n) is 8.99. The Morgan fingerprint density at radius 1 is 1.21 bits per heavy atom. The third kappa shape index (κ3) is 5.97. The summed E-state index contributed by atoms with van der Waals surface area (Å²) < 4.78 is 85.8. The van der Waals surface area contributed by atoms with Crippen molar-refractivity contribution in [3.05, 3.63) is 59.0 Å². The highest BCUT2D eigenvalue weighted by Crippen LogP contribution is 2.34. The zero-order valence-electron chi connectivity index (χ0n) is 21.1. The Labute approximate surface area is 218 Å². The number of alkyl halides is 3. The summed E-state index contributed by atoms with van der Waals surface area (Å²) in [4.78, 5) is 0.0835. The number of hydrogen-bond donors (Lipinski definition) is 2. The maximum absolute atomic E-state index is 15.2. The topological polar surface area (TPSA) is 72.4 Å². The average molecular weight is 550 g/mol. The van der Waals surface area contributed by atoms with Crippen molar-refractivity contribution in [1.29, 1.82) is 0 Å². The average Bonchev–Trinajstić information content (AvgIpc) is 3.09. The van der Waals surface area contributed by atoms with E-state index < -0.39 is 28.3 Å². The van der Waals surface area contributed by atoms with Gasteiger partial charge >= 0.3 is 6.18 Å². The summed E-state index contributed by atoms with van der Waals surface area (Å²) in [6.07, 6.45) is -2.10. The Bertz CT molecular complexity index is 1580. The molecule has 2 N–H and O–H groups in total. The molecule has 0 spiro atoms. The van der Waals surface area contributed by atoms with Crippen LogP contribution in [-0.4, -0.2) is 52.2 Å². The second kappa shape index (κ2) is 10.7. The molecule has 2 heterocycles. The van der Waals surface area contributed by atoms with E-state index in [1.807, 2.05) is 6.08 Å². The SMILES string of the molecule is COc1cc(S(C)(=O)=O)ccc1NCC#Cc1c(CC(F)(F)F)n(C)c2cc(C3=CCNCC3)c(F)cc12. The van der Waals surface area contributed by atoms with E-state index in [0.29, 0.717) is 41.7 Å². The lowest BCUT2D eigenvalue weighted by Gasteiger charge is -2.15. The molecular weight excluding hydrogens is 522 g/mol. The molecular formula is C27H27F4N3O3S. The van der Waals surface area contributed by atoms with Gasteiger partial charge in [0, 0.05) is 42.6 Å². The summed E-state index contributed by atoms with van der Waals surface area (Å²) in [7, 11) is -0.516. The highest BCUT2D eigenvalue weighted by molar-refractivity contribution is 7.90. The molecule has 0 unspecified atom stereocenters. The number of nitrogens with one attached hydrogen (secondary N) is 2. The minimum Gasteiger partial charge on any atom is -0.495 e. The first-order valence-corrected chi connectivity index (χ1v) is 13.7. The maximum Gasteiger partial charge on any atom is 0.394 e. The summed E-state index contributed by atoms with van der Waals surface area (Å²) >= 11 is 0. The molecule has 11 heteroatoms. The van der Waals surface area contributed by atoms with Crippen LogP contribution in [0.2, 0.25) is 0 Å². The van der Waals surface area contributed by atoms with Crippen molar-refractivity contribution in [3.8, 4) is 17.6 Å². The fourth-order valence-corrected chi connectivity index (χ4v) is 5.11. The van der Waals surface area contributed by atoms with Gasteiger partial charge in [-0.25, -0.2) is 12.8 Å². The molecule has 0 fully saturated rings. The van der Waals surface area contributed by atoms with Crippen molar-refractivity contribution in [1.82, 2.24) is 9.88 Å². The van der Waals surface area contributed by atoms with Crippen LogP contribution in [0.15, 0.2) is 41.3 Å². The normalized spacial score (nSPS) is 14.1. The van der Waals surface area contributed by atoms with Crippen molar-refractivity contribution in [2.24, 2.45) is 7.05 Å². The van der Waals surface area contributed by atoms with Crippen LogP contribution < -0.4 is 15.4 Å². The summed E-state index contributed by atoms with van der Waals surface area (Å²) in [6, 6.07) is 7.17. The molecule has 0 saturated carbocycles. The number of aromatic nitrogens is 1. The molecule has 1 aliphatic heterocycles. The molecule has 2 aromatic carbocycles. The molecule has 0 atom stereocenters. The molecule has 1 aliphatic rings. The molecule has 0 saturated heterocycles. The van der Waals surface area contributed by atoms with Crippen molar-refractivity contribution in [3.63, 3.8) is 0 Å². The van der Waals surface area contributed by atoms with Crippen LogP contribution in [0, 0.1) is 17.7 Å². The van der Waals surface area contributed by atoms with Gasteiger partial charge in [-0.15, -0.1) is 0 Å². The van der Waals surface area contributed by atoms with Crippen molar-refractivity contribution >= 4 is 32.0 Å². The van der Waals surface area contributed by atoms with Crippen LogP contribution in [0.3, 0.4) is 0 Å². The smallest absolute Gasteiger partial charge is 0.394 e. The molecule has 1 aromatic heterocycles. The summed E-state index contributed by atoms with van der Waals surface area (Å²) in [5.74, 6) is 5.40. The van der Waals surface area contributed by atoms with E-state index in [1.54, 1.807) is 6.07 Å². The minimum atomic E-state index is -4.48. The fraction of sp³-hybridized carbons (Fsp3) is 0.333. The number of ether oxygens (including phenoxy) is 1. The number of methoxy groups -OCH3 is 1. The van der Waals surface area contributed by atoms with Gasteiger partial charge in [0.05, 0.1) is 41.7 Å². The summed E-state index contributed by atoms with van der Waals surface area (Å²) in [5.41, 5.74) is 2.19. The third-order valence-corrected chi connectivity index (χ3v) is 7.48. The first-order chi connectivity index (χ1) is 17.9. The van der Waals surface area contributed by atoms with Gasteiger partial charge in [-0.3, -0.25) is 0 Å². The van der Waals surface area contributed by atoms with Gasteiger partial charge in [0.1, 0.15) is 11.6 Å². The van der Waals surface area contributed by atoms with Gasteiger partial charge in [0.15, 0.2) is 9.84 Å². The van der Waals surface area contributed by atoms with E-state index in [2.05, 4.69) is 22.5 Å². The Kier molecular flexibility index (Phi) is 7.76. The van der Waals surface area contributed by atoms with Crippen LogP contribution in [-0.2, 0) is 23.3 Å². The van der Waals surface area contributed by atoms with E-state index in [1.165, 1.54) is 43.0 Å². The largest absolute Gasteiger partial charge is 0.495 e. The van der Waals surface area contributed by atoms with Gasteiger partial charge in [-0.2, -0.15) is 13.2 Å². The number of nitrogens with zero attached hydrogens (tertiary/aromatic N) is 1. The number of benzene rings is 2. The Hall–Kier alpha value is -3.49. The van der Waals surface area contributed by atoms with Crippen molar-refractivity contribution in [2.45, 2.75) is 23.9 Å². The van der Waals surface area contributed by atoms with Crippen molar-refractivity contribution in [2.75, 3.05) is 38.3 Å². The standard InChI is InChI=1S/C27H27F4N3O3S/c1-34-24-15-20(17-8-11-32-12-9-17)22(28)14-21(24)19(25(34)16-27(29,30)31)5-4-10-33-23-7-6-18(38(3,35)36)13-26(23)37-2/h6-8,13-15,32-33H,9-12,16H2,1-3H3. The molecule has 0 aliphatic carbocycles. The number of fused-ring (bicyclic) bond motifs is 1. The third-order valence-electron chi connectivity index (χ3n) is 6.37. The lowest BCUT2D eigenvalue weighted by molar-refractivity contribution is -0.128. The zero-order chi connectivity index (χ0) is 27.7. The molecule has 202 valence electrons. The van der Waals surface area contributed by atoms with E-state index in [-0.39, 0.29) is 28.4 Å². The second-order valence-corrected chi connectivity index (χ2v) is 11.0. The molecule has 38 heavy (non-hydrogen) atoms. The first-order valence-electron chi connectivity index (χ1n) is 11.8. The number of rotatable bonds is 6. The fourth-order valence-electron chi connectivity index (χ4n) is 4.48. The first kappa shape index (κ1) is 27.5. The number of hydrogen-bond acceptors (Lipinski definition) is 5. The maximum atomic E-state index is 15.2. The molecule has 4 rings (SSSR count). The van der Waals surface area contributed by atoms with E-state index in [0.717, 1.165) is 11.8 Å². The number of aryl methyl sites for hydroxylation is 1. The quantitative estimate of drug-likeness (QED) is 0.345. The molecule has 6 nitrogen and oxygen atoms in total. The number of anilines is 1. The van der Waals surface area contributed by atoms with E-state index >= 15 is 4.39 Å². The van der Waals surface area contributed by atoms with Crippen LogP contribution in [0.4, 0.5) is 23.2 Å². The van der Waals surface area contributed by atoms with Gasteiger partial charge < -0.3 is 19.9 Å². The summed E-state index contributed by atoms with van der Waals surface area (Å²) in [6.45, 7) is 1.32. The number of halogens is 4. The minimum absolute atomic E-state index is 0.0247. The van der Waals surface area contributed by atoms with Gasteiger partial charge in [0.25, 0.3) is 0 Å². The Morgan fingerprint density at radius 3 is 2.61 bits per heavy atom. The lowest BCUT2D eigenvalue weighted by Crippen LogP contribution is -2.20. The van der Waals surface area contributed by atoms with E-state index in [9.17, 15) is 21.6 Å². The predicted octanol–water partition coefficient (Wildman–Crippen LogP) is 4.67. The Balaban J connectivity index is 1.70. The lowest BCUT2D eigenvalue weighted by atomic mass is 9.98. The van der Waals surface area contributed by atoms with Crippen LogP contribution in [0.1, 0.15) is 23.2 Å². The molecule has 0 bridgehead atoms. The highest BCUT2D eigenvalue weighted by Gasteiger charge is 2.32. The molecule has 0 radical (unpaired) electrons. The Morgan fingerprint density at radius 2 is 1.97 bits per heavy atom. The zero-order valence-corrected chi connectivity index (χ0v) is 21.9. The number of sulfone groups is 1. The predicted molar refractivity (Wildman–Crippen MR) is 140 cm³/mol. The van der Waals surface area contributed by atoms with Gasteiger partial charge in [-0.1, -0.05) is 17.9 Å². The van der Waals surface area contributed by atoms with Crippen molar-refractivity contribution < 1.29 is 30.7 Å².